The Bertz CT molecular complexity index is 898. The molecule has 1 fully saturated rings. The van der Waals surface area contributed by atoms with E-state index in [4.69, 9.17) is 9.47 Å². The summed E-state index contributed by atoms with van der Waals surface area (Å²) >= 11 is 3.12. The van der Waals surface area contributed by atoms with Gasteiger partial charge in [0.1, 0.15) is 0 Å². The third kappa shape index (κ3) is 4.30. The molecule has 5 nitrogen and oxygen atoms in total. The van der Waals surface area contributed by atoms with Gasteiger partial charge in [0.15, 0.2) is 11.5 Å². The van der Waals surface area contributed by atoms with Crippen LogP contribution in [0.1, 0.15) is 19.4 Å². The summed E-state index contributed by atoms with van der Waals surface area (Å²) < 4.78 is 12.2. The average Bonchev–Trinajstić information content (AvgIpc) is 2.92. The molecular formula is C20H18INO4S. The van der Waals surface area contributed by atoms with E-state index in [-0.39, 0.29) is 11.1 Å². The average molecular weight is 495 g/mol. The van der Waals surface area contributed by atoms with Crippen LogP contribution in [0.5, 0.6) is 11.5 Å². The highest BCUT2D eigenvalue weighted by atomic mass is 127. The molecule has 0 N–H and O–H groups in total. The molecule has 0 aromatic heterocycles. The van der Waals surface area contributed by atoms with Crippen molar-refractivity contribution in [3.63, 3.8) is 0 Å². The van der Waals surface area contributed by atoms with Gasteiger partial charge in [0.05, 0.1) is 27.4 Å². The van der Waals surface area contributed by atoms with Crippen LogP contribution in [-0.4, -0.2) is 24.4 Å². The predicted octanol–water partition coefficient (Wildman–Crippen LogP) is 5.33. The van der Waals surface area contributed by atoms with Crippen LogP contribution in [0.4, 0.5) is 10.5 Å². The summed E-state index contributed by atoms with van der Waals surface area (Å²) in [5, 5.41) is -0.303. The molecular weight excluding hydrogens is 477 g/mol. The van der Waals surface area contributed by atoms with E-state index in [0.29, 0.717) is 35.3 Å². The Balaban J connectivity index is 1.95. The molecule has 0 aliphatic carbocycles. The highest BCUT2D eigenvalue weighted by Crippen LogP contribution is 2.38. The Morgan fingerprint density at radius 3 is 2.44 bits per heavy atom. The minimum absolute atomic E-state index is 0.303. The first kappa shape index (κ1) is 19.8. The Hall–Kier alpha value is -2.00. The summed E-state index contributed by atoms with van der Waals surface area (Å²) in [6.07, 6.45) is 1.72. The second kappa shape index (κ2) is 8.79. The summed E-state index contributed by atoms with van der Waals surface area (Å²) in [6, 6.07) is 12.7. The molecule has 0 unspecified atom stereocenters. The maximum atomic E-state index is 12.7. The van der Waals surface area contributed by atoms with Gasteiger partial charge in [0.25, 0.3) is 11.1 Å². The van der Waals surface area contributed by atoms with E-state index in [0.717, 1.165) is 20.9 Å². The third-order valence-corrected chi connectivity index (χ3v) is 5.40. The van der Waals surface area contributed by atoms with Crippen molar-refractivity contribution in [2.45, 2.75) is 13.8 Å². The molecule has 0 saturated carbocycles. The van der Waals surface area contributed by atoms with Gasteiger partial charge in [0, 0.05) is 0 Å². The van der Waals surface area contributed by atoms with Gasteiger partial charge >= 0.3 is 0 Å². The number of nitrogens with zero attached hydrogens (tertiary/aromatic N) is 1. The molecule has 1 heterocycles. The number of para-hydroxylation sites is 1. The number of thioether (sulfide) groups is 1. The van der Waals surface area contributed by atoms with Crippen molar-refractivity contribution < 1.29 is 19.1 Å². The van der Waals surface area contributed by atoms with Crippen LogP contribution >= 0.6 is 34.4 Å². The van der Waals surface area contributed by atoms with E-state index in [1.807, 2.05) is 32.0 Å². The van der Waals surface area contributed by atoms with Crippen molar-refractivity contribution in [3.05, 3.63) is 56.5 Å². The maximum absolute atomic E-state index is 12.7. The zero-order valence-corrected chi connectivity index (χ0v) is 17.9. The molecule has 3 rings (SSSR count). The van der Waals surface area contributed by atoms with Crippen LogP contribution in [0.2, 0.25) is 0 Å². The number of benzene rings is 2. The monoisotopic (exact) mass is 495 g/mol. The lowest BCUT2D eigenvalue weighted by atomic mass is 10.1. The summed E-state index contributed by atoms with van der Waals surface area (Å²) in [5.41, 5.74) is 1.35. The fourth-order valence-corrected chi connectivity index (χ4v) is 4.26. The lowest BCUT2D eigenvalue weighted by Crippen LogP contribution is -2.27. The number of anilines is 1. The van der Waals surface area contributed by atoms with Gasteiger partial charge in [-0.05, 0) is 84.1 Å². The number of hydrogen-bond donors (Lipinski definition) is 0. The summed E-state index contributed by atoms with van der Waals surface area (Å²) in [4.78, 5) is 26.7. The number of amides is 2. The van der Waals surface area contributed by atoms with Crippen LogP contribution in [0.25, 0.3) is 6.08 Å². The number of hydrogen-bond acceptors (Lipinski definition) is 5. The number of imide groups is 1. The van der Waals surface area contributed by atoms with E-state index in [1.54, 1.807) is 30.3 Å². The molecule has 0 atom stereocenters. The summed E-state index contributed by atoms with van der Waals surface area (Å²) in [6.45, 7) is 4.86. The van der Waals surface area contributed by atoms with Gasteiger partial charge in [-0.25, -0.2) is 4.90 Å². The highest BCUT2D eigenvalue weighted by Gasteiger charge is 2.36. The second-order valence-electron chi connectivity index (χ2n) is 5.55. The van der Waals surface area contributed by atoms with Crippen molar-refractivity contribution in [2.75, 3.05) is 18.1 Å². The van der Waals surface area contributed by atoms with Crippen molar-refractivity contribution in [1.29, 1.82) is 0 Å². The predicted molar refractivity (Wildman–Crippen MR) is 116 cm³/mol. The largest absolute Gasteiger partial charge is 0.490 e. The molecule has 2 aromatic carbocycles. The van der Waals surface area contributed by atoms with Crippen LogP contribution in [-0.2, 0) is 4.79 Å². The summed E-state index contributed by atoms with van der Waals surface area (Å²) in [7, 11) is 0. The Morgan fingerprint density at radius 1 is 1.07 bits per heavy atom. The lowest BCUT2D eigenvalue weighted by molar-refractivity contribution is -0.113. The molecule has 2 amide bonds. The standard InChI is InChI=1S/C20H18INO4S/c1-3-25-16-11-13(10-15(21)18(16)26-4-2)12-17-19(23)22(20(24)27-17)14-8-6-5-7-9-14/h5-12H,3-4H2,1-2H3/b17-12-. The van der Waals surface area contributed by atoms with Crippen LogP contribution in [0.15, 0.2) is 47.4 Å². The molecule has 0 spiro atoms. The summed E-state index contributed by atoms with van der Waals surface area (Å²) in [5.74, 6) is 0.993. The first-order valence-electron chi connectivity index (χ1n) is 8.47. The van der Waals surface area contributed by atoms with Crippen LogP contribution in [0.3, 0.4) is 0 Å². The molecule has 2 aromatic rings. The number of ether oxygens (including phenoxy) is 2. The van der Waals surface area contributed by atoms with E-state index in [9.17, 15) is 9.59 Å². The normalized spacial score (nSPS) is 15.5. The Labute approximate surface area is 175 Å². The number of rotatable bonds is 6. The number of halogens is 1. The van der Waals surface area contributed by atoms with Crippen molar-refractivity contribution in [3.8, 4) is 11.5 Å². The van der Waals surface area contributed by atoms with Gasteiger partial charge in [0.2, 0.25) is 0 Å². The minimum Gasteiger partial charge on any atom is -0.490 e. The third-order valence-electron chi connectivity index (χ3n) is 3.73. The second-order valence-corrected chi connectivity index (χ2v) is 7.70. The van der Waals surface area contributed by atoms with Crippen LogP contribution < -0.4 is 14.4 Å². The van der Waals surface area contributed by atoms with E-state index < -0.39 is 0 Å². The van der Waals surface area contributed by atoms with E-state index in [2.05, 4.69) is 22.6 Å². The van der Waals surface area contributed by atoms with Crippen LogP contribution in [0, 0.1) is 3.57 Å². The zero-order valence-electron chi connectivity index (χ0n) is 14.9. The van der Waals surface area contributed by atoms with Crippen molar-refractivity contribution in [2.24, 2.45) is 0 Å². The van der Waals surface area contributed by atoms with Gasteiger partial charge < -0.3 is 9.47 Å². The Kier molecular flexibility index (Phi) is 6.43. The zero-order chi connectivity index (χ0) is 19.4. The van der Waals surface area contributed by atoms with E-state index >= 15 is 0 Å². The molecule has 27 heavy (non-hydrogen) atoms. The Morgan fingerprint density at radius 2 is 1.78 bits per heavy atom. The SMILES string of the molecule is CCOc1cc(/C=C2\SC(=O)N(c3ccccc3)C2=O)cc(I)c1OCC. The lowest BCUT2D eigenvalue weighted by Gasteiger charge is -2.14. The van der Waals surface area contributed by atoms with Crippen molar-refractivity contribution in [1.82, 2.24) is 0 Å². The highest BCUT2D eigenvalue weighted by molar-refractivity contribution is 14.1. The number of carbonyl (C=O) groups is 2. The molecule has 1 aliphatic heterocycles. The quantitative estimate of drug-likeness (QED) is 0.401. The first-order valence-corrected chi connectivity index (χ1v) is 10.4. The van der Waals surface area contributed by atoms with E-state index in [1.165, 1.54) is 4.90 Å². The van der Waals surface area contributed by atoms with Gasteiger partial charge in [-0.3, -0.25) is 9.59 Å². The fraction of sp³-hybridized carbons (Fsp3) is 0.200. The molecule has 140 valence electrons. The fourth-order valence-electron chi connectivity index (χ4n) is 2.64. The van der Waals surface area contributed by atoms with Gasteiger partial charge in [-0.2, -0.15) is 0 Å². The maximum Gasteiger partial charge on any atom is 0.298 e. The molecule has 1 aliphatic rings. The smallest absolute Gasteiger partial charge is 0.298 e. The number of carbonyl (C=O) groups excluding carboxylic acids is 2. The minimum atomic E-state index is -0.321. The van der Waals surface area contributed by atoms with Crippen molar-refractivity contribution >= 4 is 57.3 Å². The van der Waals surface area contributed by atoms with Gasteiger partial charge in [-0.15, -0.1) is 0 Å². The van der Waals surface area contributed by atoms with Gasteiger partial charge in [-0.1, -0.05) is 18.2 Å². The molecule has 0 radical (unpaired) electrons. The molecule has 7 heteroatoms. The first-order chi connectivity index (χ1) is 13.0. The molecule has 0 bridgehead atoms. The topological polar surface area (TPSA) is 55.8 Å². The molecule has 1 saturated heterocycles.